The van der Waals surface area contributed by atoms with Crippen LogP contribution in [0.2, 0.25) is 0 Å². The van der Waals surface area contributed by atoms with E-state index in [-0.39, 0.29) is 17.0 Å². The van der Waals surface area contributed by atoms with Crippen molar-refractivity contribution in [3.05, 3.63) is 11.6 Å². The van der Waals surface area contributed by atoms with Crippen molar-refractivity contribution in [1.82, 2.24) is 0 Å². The molecular formula is C14H20O3S. The highest BCUT2D eigenvalue weighted by molar-refractivity contribution is 8.13. The van der Waals surface area contributed by atoms with E-state index in [0.717, 1.165) is 18.6 Å². The van der Waals surface area contributed by atoms with Gasteiger partial charge in [0, 0.05) is 5.57 Å². The highest BCUT2D eigenvalue weighted by Crippen LogP contribution is 2.48. The van der Waals surface area contributed by atoms with Crippen LogP contribution >= 0.6 is 11.8 Å². The fraction of sp³-hybridized carbons (Fsp3) is 0.714. The standard InChI is InChI=1S/C14H20O3S/c1-3-17-13(15)11-8-9-6-5-7-10(9)12(11)14(16)18-4-2/h8-10,12H,3-7H2,1-2H3/t9-,10-,12+/m1/s1. The van der Waals surface area contributed by atoms with Gasteiger partial charge in [-0.1, -0.05) is 31.2 Å². The van der Waals surface area contributed by atoms with Crippen molar-refractivity contribution in [2.75, 3.05) is 12.4 Å². The summed E-state index contributed by atoms with van der Waals surface area (Å²) in [5.41, 5.74) is 0.623. The van der Waals surface area contributed by atoms with Gasteiger partial charge in [-0.15, -0.1) is 0 Å². The van der Waals surface area contributed by atoms with Crippen LogP contribution in [-0.2, 0) is 14.3 Å². The van der Waals surface area contributed by atoms with Gasteiger partial charge < -0.3 is 4.74 Å². The number of hydrogen-bond donors (Lipinski definition) is 0. The Morgan fingerprint density at radius 3 is 2.83 bits per heavy atom. The summed E-state index contributed by atoms with van der Waals surface area (Å²) in [7, 11) is 0. The highest BCUT2D eigenvalue weighted by atomic mass is 32.2. The van der Waals surface area contributed by atoms with Crippen molar-refractivity contribution in [1.29, 1.82) is 0 Å². The Bertz CT molecular complexity index is 375. The van der Waals surface area contributed by atoms with E-state index in [1.54, 1.807) is 6.92 Å². The number of ether oxygens (including phenoxy) is 1. The lowest BCUT2D eigenvalue weighted by atomic mass is 9.89. The molecule has 1 fully saturated rings. The molecule has 0 amide bonds. The van der Waals surface area contributed by atoms with Crippen molar-refractivity contribution < 1.29 is 14.3 Å². The van der Waals surface area contributed by atoms with Gasteiger partial charge in [0.15, 0.2) is 5.12 Å². The smallest absolute Gasteiger partial charge is 0.334 e. The van der Waals surface area contributed by atoms with Crippen LogP contribution in [0.15, 0.2) is 11.6 Å². The molecule has 2 aliphatic rings. The van der Waals surface area contributed by atoms with Crippen LogP contribution in [0.1, 0.15) is 33.1 Å². The lowest BCUT2D eigenvalue weighted by Gasteiger charge is -2.19. The average molecular weight is 268 g/mol. The molecule has 3 atom stereocenters. The van der Waals surface area contributed by atoms with Crippen molar-refractivity contribution in [2.45, 2.75) is 33.1 Å². The summed E-state index contributed by atoms with van der Waals surface area (Å²) >= 11 is 1.33. The topological polar surface area (TPSA) is 43.4 Å². The van der Waals surface area contributed by atoms with E-state index in [9.17, 15) is 9.59 Å². The average Bonchev–Trinajstić information content (AvgIpc) is 2.88. The molecule has 0 saturated heterocycles. The van der Waals surface area contributed by atoms with Crippen molar-refractivity contribution >= 4 is 22.8 Å². The van der Waals surface area contributed by atoms with E-state index in [0.29, 0.717) is 24.0 Å². The lowest BCUT2D eigenvalue weighted by Crippen LogP contribution is -2.25. The minimum atomic E-state index is -0.290. The van der Waals surface area contributed by atoms with E-state index in [1.165, 1.54) is 18.2 Å². The van der Waals surface area contributed by atoms with Crippen molar-refractivity contribution in [2.24, 2.45) is 17.8 Å². The predicted octanol–water partition coefficient (Wildman–Crippen LogP) is 2.80. The maximum absolute atomic E-state index is 12.2. The van der Waals surface area contributed by atoms with E-state index in [1.807, 2.05) is 13.0 Å². The first-order valence-corrected chi connectivity index (χ1v) is 7.73. The SMILES string of the molecule is CCOC(=O)C1=C[C@H]2CCC[C@H]2[C@@H]1C(=O)SCC. The zero-order valence-corrected chi connectivity index (χ0v) is 11.8. The number of rotatable bonds is 4. The Balaban J connectivity index is 2.19. The Morgan fingerprint density at radius 2 is 2.17 bits per heavy atom. The first-order chi connectivity index (χ1) is 8.69. The van der Waals surface area contributed by atoms with Crippen LogP contribution < -0.4 is 0 Å². The van der Waals surface area contributed by atoms with Crippen LogP contribution in [0.5, 0.6) is 0 Å². The molecule has 100 valence electrons. The summed E-state index contributed by atoms with van der Waals surface area (Å²) in [5.74, 6) is 1.01. The molecule has 0 bridgehead atoms. The van der Waals surface area contributed by atoms with Crippen LogP contribution in [-0.4, -0.2) is 23.4 Å². The number of carbonyl (C=O) groups excluding carboxylic acids is 2. The molecule has 2 aliphatic carbocycles. The molecule has 2 rings (SSSR count). The molecule has 1 saturated carbocycles. The van der Waals surface area contributed by atoms with Crippen LogP contribution in [0, 0.1) is 17.8 Å². The molecule has 0 N–H and O–H groups in total. The van der Waals surface area contributed by atoms with Crippen LogP contribution in [0.4, 0.5) is 0 Å². The normalized spacial score (nSPS) is 29.9. The zero-order chi connectivity index (χ0) is 13.1. The van der Waals surface area contributed by atoms with Gasteiger partial charge in [0.05, 0.1) is 12.5 Å². The molecule has 0 spiro atoms. The summed E-state index contributed by atoms with van der Waals surface area (Å²) in [6, 6.07) is 0. The number of allylic oxidation sites excluding steroid dienone is 1. The van der Waals surface area contributed by atoms with Gasteiger partial charge in [0.2, 0.25) is 0 Å². The van der Waals surface area contributed by atoms with Gasteiger partial charge >= 0.3 is 5.97 Å². The first kappa shape index (κ1) is 13.7. The first-order valence-electron chi connectivity index (χ1n) is 6.74. The molecule has 0 heterocycles. The highest BCUT2D eigenvalue weighted by Gasteiger charge is 2.46. The van der Waals surface area contributed by atoms with Crippen LogP contribution in [0.25, 0.3) is 0 Å². The monoisotopic (exact) mass is 268 g/mol. The third kappa shape index (κ3) is 2.48. The molecule has 0 aromatic heterocycles. The number of fused-ring (bicyclic) bond motifs is 1. The molecule has 4 heteroatoms. The maximum atomic E-state index is 12.2. The molecule has 0 radical (unpaired) electrons. The second-order valence-electron chi connectivity index (χ2n) is 4.83. The lowest BCUT2D eigenvalue weighted by molar-refractivity contribution is -0.140. The summed E-state index contributed by atoms with van der Waals surface area (Å²) in [5, 5.41) is 0.145. The maximum Gasteiger partial charge on any atom is 0.334 e. The summed E-state index contributed by atoms with van der Waals surface area (Å²) < 4.78 is 5.08. The molecule has 0 aliphatic heterocycles. The van der Waals surface area contributed by atoms with Crippen molar-refractivity contribution in [3.8, 4) is 0 Å². The minimum Gasteiger partial charge on any atom is -0.463 e. The largest absolute Gasteiger partial charge is 0.463 e. The molecule has 3 nitrogen and oxygen atoms in total. The summed E-state index contributed by atoms with van der Waals surface area (Å²) in [6.45, 7) is 4.14. The Morgan fingerprint density at radius 1 is 1.39 bits per heavy atom. The molecular weight excluding hydrogens is 248 g/mol. The van der Waals surface area contributed by atoms with Gasteiger partial charge in [0.25, 0.3) is 0 Å². The summed E-state index contributed by atoms with van der Waals surface area (Å²) in [4.78, 5) is 24.2. The Hall–Kier alpha value is -0.770. The van der Waals surface area contributed by atoms with Crippen LogP contribution in [0.3, 0.4) is 0 Å². The Labute approximate surface area is 112 Å². The third-order valence-corrected chi connectivity index (χ3v) is 4.66. The second-order valence-corrected chi connectivity index (χ2v) is 6.10. The molecule has 0 unspecified atom stereocenters. The van der Waals surface area contributed by atoms with E-state index >= 15 is 0 Å². The minimum absolute atomic E-state index is 0.145. The molecule has 18 heavy (non-hydrogen) atoms. The molecule has 0 aromatic rings. The zero-order valence-electron chi connectivity index (χ0n) is 11.0. The quantitative estimate of drug-likeness (QED) is 0.735. The van der Waals surface area contributed by atoms with Gasteiger partial charge in [0.1, 0.15) is 0 Å². The van der Waals surface area contributed by atoms with E-state index in [4.69, 9.17) is 4.74 Å². The third-order valence-electron chi connectivity index (χ3n) is 3.83. The van der Waals surface area contributed by atoms with Gasteiger partial charge in [-0.2, -0.15) is 0 Å². The molecule has 0 aromatic carbocycles. The van der Waals surface area contributed by atoms with Gasteiger partial charge in [-0.3, -0.25) is 4.79 Å². The number of hydrogen-bond acceptors (Lipinski definition) is 4. The number of carbonyl (C=O) groups is 2. The van der Waals surface area contributed by atoms with E-state index in [2.05, 4.69) is 0 Å². The van der Waals surface area contributed by atoms with Gasteiger partial charge in [-0.05, 0) is 37.4 Å². The fourth-order valence-corrected chi connectivity index (χ4v) is 3.91. The number of thioether (sulfide) groups is 1. The summed E-state index contributed by atoms with van der Waals surface area (Å²) in [6.07, 6.45) is 5.34. The Kier molecular flexibility index (Phi) is 4.49. The fourth-order valence-electron chi connectivity index (χ4n) is 3.15. The second kappa shape index (κ2) is 5.91. The number of esters is 1. The van der Waals surface area contributed by atoms with Crippen molar-refractivity contribution in [3.63, 3.8) is 0 Å². The van der Waals surface area contributed by atoms with E-state index < -0.39 is 0 Å². The van der Waals surface area contributed by atoms with Gasteiger partial charge in [-0.25, -0.2) is 4.79 Å². The predicted molar refractivity (Wildman–Crippen MR) is 72.2 cm³/mol.